The van der Waals surface area contributed by atoms with Gasteiger partial charge < -0.3 is 10.5 Å². The molecule has 6 heteroatoms. The number of halogens is 3. The minimum atomic E-state index is -4.35. The zero-order chi connectivity index (χ0) is 15.2. The summed E-state index contributed by atoms with van der Waals surface area (Å²) in [6.45, 7) is 1.47. The Morgan fingerprint density at radius 1 is 1.20 bits per heavy atom. The van der Waals surface area contributed by atoms with E-state index in [-0.39, 0.29) is 13.2 Å². The number of ether oxygens (including phenoxy) is 1. The van der Waals surface area contributed by atoms with Gasteiger partial charge in [0.05, 0.1) is 6.61 Å². The van der Waals surface area contributed by atoms with Crippen LogP contribution >= 0.6 is 0 Å². The van der Waals surface area contributed by atoms with Gasteiger partial charge in [-0.15, -0.1) is 0 Å². The second-order valence-electron chi connectivity index (χ2n) is 4.49. The molecule has 0 amide bonds. The van der Waals surface area contributed by atoms with Crippen molar-refractivity contribution in [2.24, 2.45) is 5.73 Å². The van der Waals surface area contributed by atoms with E-state index >= 15 is 0 Å². The van der Waals surface area contributed by atoms with Gasteiger partial charge in [-0.05, 0) is 18.9 Å². The summed E-state index contributed by atoms with van der Waals surface area (Å²) < 4.78 is 42.4. The highest BCUT2D eigenvalue weighted by molar-refractivity contribution is 5.83. The van der Waals surface area contributed by atoms with Crippen LogP contribution in [0, 0.1) is 0 Å². The number of hydrogen-bond donors (Lipinski definition) is 1. The molecule has 20 heavy (non-hydrogen) atoms. The van der Waals surface area contributed by atoms with Gasteiger partial charge in [-0.25, -0.2) is 0 Å². The molecule has 0 saturated carbocycles. The predicted molar refractivity (Wildman–Crippen MR) is 69.1 cm³/mol. The van der Waals surface area contributed by atoms with Crippen molar-refractivity contribution >= 4 is 5.97 Å². The lowest BCUT2D eigenvalue weighted by molar-refractivity contribution is -0.156. The van der Waals surface area contributed by atoms with Crippen molar-refractivity contribution in [1.29, 1.82) is 0 Å². The van der Waals surface area contributed by atoms with Gasteiger partial charge in [0.15, 0.2) is 0 Å². The number of nitrogens with two attached hydrogens (primary N) is 1. The third kappa shape index (κ3) is 3.96. The number of carbonyl (C=O) groups is 1. The van der Waals surface area contributed by atoms with Crippen LogP contribution in [0.25, 0.3) is 0 Å². The molecule has 0 spiro atoms. The van der Waals surface area contributed by atoms with Crippen molar-refractivity contribution in [3.63, 3.8) is 0 Å². The van der Waals surface area contributed by atoms with Crippen LogP contribution in [-0.2, 0) is 14.9 Å². The highest BCUT2D eigenvalue weighted by Crippen LogP contribution is 2.34. The number of carbonyl (C=O) groups excluding carboxylic acids is 1. The second-order valence-corrected chi connectivity index (χ2v) is 4.49. The van der Waals surface area contributed by atoms with Gasteiger partial charge in [-0.2, -0.15) is 13.2 Å². The monoisotopic (exact) mass is 289 g/mol. The van der Waals surface area contributed by atoms with Crippen LogP contribution in [0.5, 0.6) is 0 Å². The summed E-state index contributed by atoms with van der Waals surface area (Å²) in [6.07, 6.45) is -5.85. The fraction of sp³-hybridized carbons (Fsp3) is 0.500. The van der Waals surface area contributed by atoms with Gasteiger partial charge in [-0.3, -0.25) is 4.79 Å². The Kier molecular flexibility index (Phi) is 5.56. The molecule has 0 saturated heterocycles. The fourth-order valence-corrected chi connectivity index (χ4v) is 2.05. The van der Waals surface area contributed by atoms with E-state index < -0.39 is 30.4 Å². The van der Waals surface area contributed by atoms with Crippen LogP contribution in [0.4, 0.5) is 13.2 Å². The van der Waals surface area contributed by atoms with Crippen molar-refractivity contribution in [3.05, 3.63) is 35.9 Å². The van der Waals surface area contributed by atoms with Gasteiger partial charge >= 0.3 is 12.1 Å². The topological polar surface area (TPSA) is 52.3 Å². The zero-order valence-electron chi connectivity index (χ0n) is 11.2. The molecule has 0 heterocycles. The summed E-state index contributed by atoms with van der Waals surface area (Å²) in [7, 11) is 0. The molecule has 112 valence electrons. The smallest absolute Gasteiger partial charge is 0.389 e. The van der Waals surface area contributed by atoms with Gasteiger partial charge in [0.25, 0.3) is 0 Å². The molecule has 1 aromatic carbocycles. The van der Waals surface area contributed by atoms with Crippen LogP contribution in [0.1, 0.15) is 25.3 Å². The van der Waals surface area contributed by atoms with Gasteiger partial charge in [0.2, 0.25) is 0 Å². The first kappa shape index (κ1) is 16.5. The first-order valence-corrected chi connectivity index (χ1v) is 6.35. The summed E-state index contributed by atoms with van der Waals surface area (Å²) in [4.78, 5) is 12.1. The van der Waals surface area contributed by atoms with Gasteiger partial charge in [0, 0.05) is 13.0 Å². The molecule has 3 nitrogen and oxygen atoms in total. The van der Waals surface area contributed by atoms with Gasteiger partial charge in [-0.1, -0.05) is 30.3 Å². The normalized spacial score (nSPS) is 14.7. The largest absolute Gasteiger partial charge is 0.465 e. The molecule has 0 fully saturated rings. The predicted octanol–water partition coefficient (Wildman–Crippen LogP) is 2.79. The van der Waals surface area contributed by atoms with Crippen molar-refractivity contribution in [1.82, 2.24) is 0 Å². The van der Waals surface area contributed by atoms with E-state index in [0.29, 0.717) is 5.56 Å². The molecular formula is C14H18F3NO2. The second kappa shape index (κ2) is 6.74. The summed E-state index contributed by atoms with van der Waals surface area (Å²) in [5.74, 6) is -0.710. The van der Waals surface area contributed by atoms with E-state index in [4.69, 9.17) is 10.5 Å². The Labute approximate surface area is 115 Å². The maximum absolute atomic E-state index is 12.5. The minimum absolute atomic E-state index is 0.0967. The standard InChI is InChI=1S/C14H18F3NO2/c1-2-20-12(19)13(10-18,8-9-14(15,16)17)11-6-4-3-5-7-11/h3-7H,2,8-10,18H2,1H3. The van der Waals surface area contributed by atoms with Crippen LogP contribution in [0.2, 0.25) is 0 Å². The molecule has 1 unspecified atom stereocenters. The molecule has 0 aliphatic carbocycles. The molecule has 0 bridgehead atoms. The molecule has 0 aromatic heterocycles. The number of benzene rings is 1. The van der Waals surface area contributed by atoms with E-state index in [9.17, 15) is 18.0 Å². The Hall–Kier alpha value is -1.56. The molecule has 0 aliphatic heterocycles. The first-order valence-electron chi connectivity index (χ1n) is 6.35. The summed E-state index contributed by atoms with van der Waals surface area (Å²) in [5.41, 5.74) is 4.63. The van der Waals surface area contributed by atoms with E-state index in [2.05, 4.69) is 0 Å². The van der Waals surface area contributed by atoms with E-state index in [1.165, 1.54) is 0 Å². The summed E-state index contributed by atoms with van der Waals surface area (Å²) >= 11 is 0. The number of esters is 1. The lowest BCUT2D eigenvalue weighted by Crippen LogP contribution is -2.45. The van der Waals surface area contributed by atoms with Crippen molar-refractivity contribution in [2.75, 3.05) is 13.2 Å². The number of hydrogen-bond acceptors (Lipinski definition) is 3. The molecule has 2 N–H and O–H groups in total. The van der Waals surface area contributed by atoms with Crippen LogP contribution < -0.4 is 5.73 Å². The van der Waals surface area contributed by atoms with E-state index in [0.717, 1.165) is 0 Å². The molecule has 1 rings (SSSR count). The molecule has 1 atom stereocenters. The number of rotatable bonds is 6. The average molecular weight is 289 g/mol. The van der Waals surface area contributed by atoms with Crippen molar-refractivity contribution in [3.8, 4) is 0 Å². The third-order valence-corrected chi connectivity index (χ3v) is 3.18. The molecule has 1 aromatic rings. The Morgan fingerprint density at radius 3 is 2.25 bits per heavy atom. The molecular weight excluding hydrogens is 271 g/mol. The minimum Gasteiger partial charge on any atom is -0.465 e. The van der Waals surface area contributed by atoms with Gasteiger partial charge in [0.1, 0.15) is 5.41 Å². The maximum atomic E-state index is 12.5. The van der Waals surface area contributed by atoms with Crippen LogP contribution in [0.15, 0.2) is 30.3 Å². The van der Waals surface area contributed by atoms with Crippen LogP contribution in [0.3, 0.4) is 0 Å². The van der Waals surface area contributed by atoms with E-state index in [1.54, 1.807) is 37.3 Å². The van der Waals surface area contributed by atoms with E-state index in [1.807, 2.05) is 0 Å². The highest BCUT2D eigenvalue weighted by atomic mass is 19.4. The number of alkyl halides is 3. The first-order chi connectivity index (χ1) is 9.35. The Balaban J connectivity index is 3.13. The van der Waals surface area contributed by atoms with Crippen molar-refractivity contribution < 1.29 is 22.7 Å². The Bertz CT molecular complexity index is 434. The molecule has 0 radical (unpaired) electrons. The maximum Gasteiger partial charge on any atom is 0.389 e. The SMILES string of the molecule is CCOC(=O)C(CN)(CCC(F)(F)F)c1ccccc1. The summed E-state index contributed by atoms with van der Waals surface area (Å²) in [6, 6.07) is 8.24. The average Bonchev–Trinajstić information content (AvgIpc) is 2.40. The lowest BCUT2D eigenvalue weighted by Gasteiger charge is -2.31. The van der Waals surface area contributed by atoms with Crippen LogP contribution in [-0.4, -0.2) is 25.3 Å². The third-order valence-electron chi connectivity index (χ3n) is 3.18. The molecule has 0 aliphatic rings. The Morgan fingerprint density at radius 2 is 1.80 bits per heavy atom. The summed E-state index contributed by atoms with van der Waals surface area (Å²) in [5, 5.41) is 0. The lowest BCUT2D eigenvalue weighted by atomic mass is 9.76. The van der Waals surface area contributed by atoms with Crippen molar-refractivity contribution in [2.45, 2.75) is 31.4 Å². The highest BCUT2D eigenvalue weighted by Gasteiger charge is 2.43. The quantitative estimate of drug-likeness (QED) is 0.819. The fourth-order valence-electron chi connectivity index (χ4n) is 2.05. The zero-order valence-corrected chi connectivity index (χ0v) is 11.2.